The number of aliphatic imine (C=N–C) groups is 1. The van der Waals surface area contributed by atoms with Gasteiger partial charge in [-0.05, 0) is 0 Å². The van der Waals surface area contributed by atoms with Crippen LogP contribution in [0.5, 0.6) is 0 Å². The summed E-state index contributed by atoms with van der Waals surface area (Å²) in [5.74, 6) is 0. The molecule has 0 aromatic carbocycles. The third kappa shape index (κ3) is 9.54. The van der Waals surface area contributed by atoms with Crippen molar-refractivity contribution in [2.75, 3.05) is 0 Å². The minimum Gasteiger partial charge on any atom is -0.391 e. The van der Waals surface area contributed by atoms with Gasteiger partial charge in [-0.1, -0.05) is 18.8 Å². The predicted octanol–water partition coefficient (Wildman–Crippen LogP) is 1.65. The Hall–Kier alpha value is 0.254. The fourth-order valence-corrected chi connectivity index (χ4v) is 0.156. The number of hydrogen-bond donors (Lipinski definition) is 0. The first-order valence-electron chi connectivity index (χ1n) is 2.00. The van der Waals surface area contributed by atoms with Crippen molar-refractivity contribution < 1.29 is 32.7 Å². The monoisotopic (exact) mass is 183 g/mol. The van der Waals surface area contributed by atoms with Crippen molar-refractivity contribution in [3.8, 4) is 0 Å². The molecule has 0 amide bonds. The van der Waals surface area contributed by atoms with Crippen LogP contribution in [0.2, 0.25) is 0 Å². The van der Waals surface area contributed by atoms with Crippen LogP contribution in [0.25, 0.3) is 0 Å². The summed E-state index contributed by atoms with van der Waals surface area (Å²) in [7, 11) is 0. The quantitative estimate of drug-likeness (QED) is 0.456. The zero-order chi connectivity index (χ0) is 5.70. The zero-order valence-electron chi connectivity index (χ0n) is 5.02. The van der Waals surface area contributed by atoms with Crippen LogP contribution in [0.15, 0.2) is 29.9 Å². The van der Waals surface area contributed by atoms with Gasteiger partial charge in [-0.25, -0.2) is 0 Å². The van der Waals surface area contributed by atoms with Crippen molar-refractivity contribution >= 4 is 6.21 Å². The Kier molecular flexibility index (Phi) is 10.1. The van der Waals surface area contributed by atoms with Gasteiger partial charge in [0.1, 0.15) is 0 Å². The molecule has 0 bridgehead atoms. The molecule has 0 aliphatic rings. The molecule has 1 radical (unpaired) electrons. The Bertz CT molecular complexity index is 105. The third-order valence-corrected chi connectivity index (χ3v) is 0.347. The SMILES string of the molecule is C=C[C-]=NC(=C)C.[Y]. The van der Waals surface area contributed by atoms with Crippen LogP contribution in [0.3, 0.4) is 0 Å². The first kappa shape index (κ1) is 11.1. The Morgan fingerprint density at radius 1 is 1.75 bits per heavy atom. The Balaban J connectivity index is 0. The van der Waals surface area contributed by atoms with Gasteiger partial charge in [-0.15, -0.1) is 6.58 Å². The molecule has 2 heteroatoms. The van der Waals surface area contributed by atoms with Gasteiger partial charge in [0.15, 0.2) is 0 Å². The Morgan fingerprint density at radius 3 is 2.38 bits per heavy atom. The second-order valence-corrected chi connectivity index (χ2v) is 1.18. The standard InChI is InChI=1S/C6H8N.Y/c1-4-5-7-6(2)3;/h4H,1-2H2,3H3;/q-1;. The van der Waals surface area contributed by atoms with E-state index in [9.17, 15) is 0 Å². The van der Waals surface area contributed by atoms with Crippen molar-refractivity contribution in [2.45, 2.75) is 6.92 Å². The van der Waals surface area contributed by atoms with Gasteiger partial charge in [-0.2, -0.15) is 12.7 Å². The maximum atomic E-state index is 3.68. The molecule has 0 spiro atoms. The molecule has 1 nitrogen and oxygen atoms in total. The van der Waals surface area contributed by atoms with E-state index in [0.29, 0.717) is 0 Å². The molecule has 0 aliphatic heterocycles. The summed E-state index contributed by atoms with van der Waals surface area (Å²) >= 11 is 0. The molecular formula is C6H8NY-. The molecule has 8 heavy (non-hydrogen) atoms. The van der Waals surface area contributed by atoms with E-state index in [4.69, 9.17) is 0 Å². The molecule has 0 aromatic rings. The Morgan fingerprint density at radius 2 is 2.25 bits per heavy atom. The molecule has 0 heterocycles. The summed E-state index contributed by atoms with van der Waals surface area (Å²) < 4.78 is 0. The van der Waals surface area contributed by atoms with Crippen LogP contribution in [0.1, 0.15) is 6.92 Å². The van der Waals surface area contributed by atoms with Gasteiger partial charge in [-0.3, -0.25) is 0 Å². The van der Waals surface area contributed by atoms with Gasteiger partial charge < -0.3 is 4.99 Å². The van der Waals surface area contributed by atoms with Gasteiger partial charge in [0.2, 0.25) is 0 Å². The van der Waals surface area contributed by atoms with E-state index in [-0.39, 0.29) is 32.7 Å². The normalized spacial score (nSPS) is 8.12. The molecule has 0 atom stereocenters. The maximum absolute atomic E-state index is 3.68. The van der Waals surface area contributed by atoms with E-state index in [0.717, 1.165) is 5.70 Å². The van der Waals surface area contributed by atoms with Crippen molar-refractivity contribution in [3.05, 3.63) is 24.9 Å². The molecule has 0 N–H and O–H groups in total. The first-order chi connectivity index (χ1) is 3.27. The van der Waals surface area contributed by atoms with Crippen LogP contribution in [-0.4, -0.2) is 6.21 Å². The predicted molar refractivity (Wildman–Crippen MR) is 32.4 cm³/mol. The fraction of sp³-hybridized carbons (Fsp3) is 0.167. The van der Waals surface area contributed by atoms with Crippen molar-refractivity contribution in [3.63, 3.8) is 0 Å². The average Bonchev–Trinajstić information content (AvgIpc) is 1.61. The second kappa shape index (κ2) is 7.25. The first-order valence-corrected chi connectivity index (χ1v) is 2.00. The minimum absolute atomic E-state index is 0. The van der Waals surface area contributed by atoms with Gasteiger partial charge >= 0.3 is 0 Å². The van der Waals surface area contributed by atoms with Crippen LogP contribution >= 0.6 is 0 Å². The summed E-state index contributed by atoms with van der Waals surface area (Å²) in [4.78, 5) is 3.68. The van der Waals surface area contributed by atoms with Crippen molar-refractivity contribution in [1.82, 2.24) is 0 Å². The average molecular weight is 183 g/mol. The Labute approximate surface area is 75.5 Å². The summed E-state index contributed by atoms with van der Waals surface area (Å²) in [6.07, 6.45) is 4.03. The molecule has 0 saturated heterocycles. The van der Waals surface area contributed by atoms with Gasteiger partial charge in [0.25, 0.3) is 0 Å². The van der Waals surface area contributed by atoms with E-state index in [1.807, 2.05) is 0 Å². The van der Waals surface area contributed by atoms with Crippen LogP contribution < -0.4 is 0 Å². The smallest absolute Gasteiger partial charge is 0 e. The number of hydrogen-bond acceptors (Lipinski definition) is 1. The topological polar surface area (TPSA) is 12.4 Å². The summed E-state index contributed by atoms with van der Waals surface area (Å²) in [5.41, 5.74) is 0.750. The molecule has 0 rings (SSSR count). The summed E-state index contributed by atoms with van der Waals surface area (Å²) in [5, 5.41) is 0. The van der Waals surface area contributed by atoms with E-state index in [2.05, 4.69) is 24.4 Å². The summed E-state index contributed by atoms with van der Waals surface area (Å²) in [6.45, 7) is 8.70. The second-order valence-electron chi connectivity index (χ2n) is 1.18. The van der Waals surface area contributed by atoms with E-state index < -0.39 is 0 Å². The van der Waals surface area contributed by atoms with E-state index >= 15 is 0 Å². The van der Waals surface area contributed by atoms with Crippen LogP contribution in [-0.2, 0) is 32.7 Å². The van der Waals surface area contributed by atoms with Gasteiger partial charge in [0, 0.05) is 32.7 Å². The van der Waals surface area contributed by atoms with E-state index in [1.165, 1.54) is 6.08 Å². The molecule has 0 saturated carbocycles. The number of nitrogens with zero attached hydrogens (tertiary/aromatic N) is 1. The van der Waals surface area contributed by atoms with E-state index in [1.54, 1.807) is 6.92 Å². The molecule has 0 aromatic heterocycles. The number of rotatable bonds is 2. The molecular weight excluding hydrogens is 175 g/mol. The maximum Gasteiger partial charge on any atom is 0 e. The largest absolute Gasteiger partial charge is 0.391 e. The summed E-state index contributed by atoms with van der Waals surface area (Å²) in [6, 6.07) is 0. The zero-order valence-corrected chi connectivity index (χ0v) is 7.85. The third-order valence-electron chi connectivity index (χ3n) is 0.347. The molecule has 0 fully saturated rings. The molecule has 0 aliphatic carbocycles. The molecule has 41 valence electrons. The van der Waals surface area contributed by atoms with Crippen molar-refractivity contribution in [1.29, 1.82) is 0 Å². The minimum atomic E-state index is 0. The fourth-order valence-electron chi connectivity index (χ4n) is 0.156. The molecule has 0 unspecified atom stereocenters. The van der Waals surface area contributed by atoms with Gasteiger partial charge in [0.05, 0.1) is 0 Å². The van der Waals surface area contributed by atoms with Crippen LogP contribution in [0.4, 0.5) is 0 Å². The number of allylic oxidation sites excluding steroid dienone is 2. The van der Waals surface area contributed by atoms with Crippen LogP contribution in [0, 0.1) is 0 Å². The van der Waals surface area contributed by atoms with Crippen molar-refractivity contribution in [2.24, 2.45) is 4.99 Å².